The number of carbonyl (C=O) groups excluding carboxylic acids is 1. The number of aliphatic hydroxyl groups is 1. The summed E-state index contributed by atoms with van der Waals surface area (Å²) in [5, 5.41) is 13.2. The molecule has 0 spiro atoms. The van der Waals surface area contributed by atoms with Crippen LogP contribution in [0.3, 0.4) is 0 Å². The van der Waals surface area contributed by atoms with Gasteiger partial charge in [-0.25, -0.2) is 4.39 Å². The van der Waals surface area contributed by atoms with Crippen LogP contribution in [0.2, 0.25) is 0 Å². The molecule has 1 aliphatic rings. The van der Waals surface area contributed by atoms with Crippen LogP contribution in [0.1, 0.15) is 36.0 Å². The molecule has 4 nitrogen and oxygen atoms in total. The Kier molecular flexibility index (Phi) is 6.59. The van der Waals surface area contributed by atoms with E-state index in [2.05, 4.69) is 5.32 Å². The van der Waals surface area contributed by atoms with Crippen molar-refractivity contribution >= 4 is 23.4 Å². The fourth-order valence-electron chi connectivity index (χ4n) is 3.94. The van der Waals surface area contributed by atoms with Crippen molar-refractivity contribution in [3.63, 3.8) is 0 Å². The Morgan fingerprint density at radius 2 is 1.77 bits per heavy atom. The molecule has 0 radical (unpaired) electrons. The molecule has 0 saturated heterocycles. The van der Waals surface area contributed by atoms with Gasteiger partial charge in [0, 0.05) is 21.5 Å². The molecule has 1 saturated carbocycles. The second kappa shape index (κ2) is 9.54. The fourth-order valence-corrected chi connectivity index (χ4v) is 4.95. The minimum atomic E-state index is -0.479. The van der Waals surface area contributed by atoms with Crippen LogP contribution < -0.4 is 11.1 Å². The number of hydrogen-bond acceptors (Lipinski definition) is 4. The number of nitrogens with two attached hydrogens (primary N) is 1. The third-order valence-electron chi connectivity index (χ3n) is 5.56. The van der Waals surface area contributed by atoms with Crippen LogP contribution in [0.5, 0.6) is 0 Å². The van der Waals surface area contributed by atoms with Crippen LogP contribution >= 0.6 is 11.8 Å². The van der Waals surface area contributed by atoms with Crippen LogP contribution in [-0.4, -0.2) is 23.2 Å². The molecule has 6 heteroatoms. The molecule has 160 valence electrons. The van der Waals surface area contributed by atoms with Gasteiger partial charge in [0.15, 0.2) is 0 Å². The van der Waals surface area contributed by atoms with E-state index >= 15 is 0 Å². The lowest BCUT2D eigenvalue weighted by atomic mass is 9.92. The third kappa shape index (κ3) is 5.27. The van der Waals surface area contributed by atoms with E-state index in [1.54, 1.807) is 12.1 Å². The summed E-state index contributed by atoms with van der Waals surface area (Å²) in [6.07, 6.45) is 2.93. The van der Waals surface area contributed by atoms with Crippen molar-refractivity contribution in [2.24, 2.45) is 5.73 Å². The molecule has 1 aliphatic carbocycles. The van der Waals surface area contributed by atoms with Crippen LogP contribution in [0.15, 0.2) is 76.5 Å². The average Bonchev–Trinajstić information content (AvgIpc) is 2.75. The number of nitrogens with one attached hydrogen (secondary N) is 1. The van der Waals surface area contributed by atoms with Crippen molar-refractivity contribution in [3.8, 4) is 11.1 Å². The number of amides is 1. The highest BCUT2D eigenvalue weighted by atomic mass is 32.2. The van der Waals surface area contributed by atoms with E-state index in [0.717, 1.165) is 46.6 Å². The Labute approximate surface area is 185 Å². The van der Waals surface area contributed by atoms with Gasteiger partial charge in [0.05, 0.1) is 11.7 Å². The molecule has 1 fully saturated rings. The first-order valence-electron chi connectivity index (χ1n) is 10.4. The van der Waals surface area contributed by atoms with Gasteiger partial charge in [-0.05, 0) is 73.2 Å². The number of halogens is 1. The summed E-state index contributed by atoms with van der Waals surface area (Å²) in [5.41, 5.74) is 8.72. The lowest BCUT2D eigenvalue weighted by Crippen LogP contribution is -2.29. The van der Waals surface area contributed by atoms with Crippen molar-refractivity contribution in [1.82, 2.24) is 0 Å². The molecule has 0 bridgehead atoms. The van der Waals surface area contributed by atoms with Gasteiger partial charge < -0.3 is 16.2 Å². The number of benzene rings is 3. The summed E-state index contributed by atoms with van der Waals surface area (Å²) < 4.78 is 13.6. The number of anilines is 1. The summed E-state index contributed by atoms with van der Waals surface area (Å²) in [6.45, 7) is 0. The highest BCUT2D eigenvalue weighted by Crippen LogP contribution is 2.37. The van der Waals surface area contributed by atoms with Crippen molar-refractivity contribution in [1.29, 1.82) is 0 Å². The Morgan fingerprint density at radius 3 is 2.52 bits per heavy atom. The Hall–Kier alpha value is -2.83. The van der Waals surface area contributed by atoms with E-state index in [-0.39, 0.29) is 18.0 Å². The zero-order chi connectivity index (χ0) is 21.8. The van der Waals surface area contributed by atoms with Gasteiger partial charge in [0.2, 0.25) is 0 Å². The van der Waals surface area contributed by atoms with E-state index in [4.69, 9.17) is 5.73 Å². The standard InChI is InChI=1S/C25H25FN2O2S/c26-17-4-3-5-20(15-17)31-24-7-2-1-6-21(24)16-8-13-22(25(27)30)23(14-16)28-18-9-11-19(29)12-10-18/h1-8,13-15,18-19,28-29H,9-12H2,(H2,27,30). The van der Waals surface area contributed by atoms with Gasteiger partial charge in [-0.2, -0.15) is 0 Å². The predicted molar refractivity (Wildman–Crippen MR) is 123 cm³/mol. The zero-order valence-corrected chi connectivity index (χ0v) is 17.9. The van der Waals surface area contributed by atoms with Gasteiger partial charge in [0.25, 0.3) is 5.91 Å². The minimum Gasteiger partial charge on any atom is -0.393 e. The molecule has 0 aromatic heterocycles. The number of primary amides is 1. The first kappa shape index (κ1) is 21.4. The summed E-state index contributed by atoms with van der Waals surface area (Å²) in [4.78, 5) is 13.8. The Morgan fingerprint density at radius 1 is 1.00 bits per heavy atom. The molecule has 1 amide bonds. The fraction of sp³-hybridized carbons (Fsp3) is 0.240. The largest absolute Gasteiger partial charge is 0.393 e. The number of carbonyl (C=O) groups is 1. The average molecular weight is 437 g/mol. The summed E-state index contributed by atoms with van der Waals surface area (Å²) in [5.74, 6) is -0.746. The maximum absolute atomic E-state index is 13.6. The highest BCUT2D eigenvalue weighted by Gasteiger charge is 2.21. The molecule has 0 unspecified atom stereocenters. The summed E-state index contributed by atoms with van der Waals surface area (Å²) >= 11 is 1.50. The van der Waals surface area contributed by atoms with E-state index in [0.29, 0.717) is 11.3 Å². The molecular formula is C25H25FN2O2S. The molecule has 3 aromatic rings. The molecular weight excluding hydrogens is 411 g/mol. The molecule has 3 aromatic carbocycles. The predicted octanol–water partition coefficient (Wildman–Crippen LogP) is 5.46. The number of hydrogen-bond donors (Lipinski definition) is 3. The monoisotopic (exact) mass is 436 g/mol. The van der Waals surface area contributed by atoms with E-state index in [1.807, 2.05) is 42.5 Å². The van der Waals surface area contributed by atoms with E-state index in [1.165, 1.54) is 23.9 Å². The van der Waals surface area contributed by atoms with E-state index < -0.39 is 5.91 Å². The summed E-state index contributed by atoms with van der Waals surface area (Å²) in [7, 11) is 0. The second-order valence-electron chi connectivity index (χ2n) is 7.83. The van der Waals surface area contributed by atoms with Crippen molar-refractivity contribution in [2.75, 3.05) is 5.32 Å². The van der Waals surface area contributed by atoms with Gasteiger partial charge in [-0.15, -0.1) is 0 Å². The molecule has 4 rings (SSSR count). The van der Waals surface area contributed by atoms with Crippen molar-refractivity contribution in [3.05, 3.63) is 78.1 Å². The maximum Gasteiger partial charge on any atom is 0.250 e. The summed E-state index contributed by atoms with van der Waals surface area (Å²) in [6, 6.07) is 20.2. The van der Waals surface area contributed by atoms with Gasteiger partial charge in [-0.3, -0.25) is 4.79 Å². The Balaban J connectivity index is 1.66. The molecule has 4 N–H and O–H groups in total. The van der Waals surface area contributed by atoms with Crippen LogP contribution in [0.25, 0.3) is 11.1 Å². The smallest absolute Gasteiger partial charge is 0.250 e. The second-order valence-corrected chi connectivity index (χ2v) is 8.95. The van der Waals surface area contributed by atoms with Crippen LogP contribution in [0, 0.1) is 5.82 Å². The maximum atomic E-state index is 13.6. The van der Waals surface area contributed by atoms with E-state index in [9.17, 15) is 14.3 Å². The first-order chi connectivity index (χ1) is 15.0. The highest BCUT2D eigenvalue weighted by molar-refractivity contribution is 7.99. The lowest BCUT2D eigenvalue weighted by Gasteiger charge is -2.28. The normalized spacial score (nSPS) is 18.5. The zero-order valence-electron chi connectivity index (χ0n) is 17.1. The number of rotatable bonds is 6. The molecule has 31 heavy (non-hydrogen) atoms. The molecule has 0 heterocycles. The molecule has 0 atom stereocenters. The van der Waals surface area contributed by atoms with Crippen LogP contribution in [0.4, 0.5) is 10.1 Å². The molecule has 0 aliphatic heterocycles. The number of aliphatic hydroxyl groups excluding tert-OH is 1. The van der Waals surface area contributed by atoms with Crippen molar-refractivity contribution < 1.29 is 14.3 Å². The quantitative estimate of drug-likeness (QED) is 0.480. The lowest BCUT2D eigenvalue weighted by molar-refractivity contribution is 0.100. The van der Waals surface area contributed by atoms with Gasteiger partial charge >= 0.3 is 0 Å². The van der Waals surface area contributed by atoms with Crippen molar-refractivity contribution in [2.45, 2.75) is 47.6 Å². The van der Waals surface area contributed by atoms with Gasteiger partial charge in [0.1, 0.15) is 5.82 Å². The minimum absolute atomic E-state index is 0.189. The first-order valence-corrected chi connectivity index (χ1v) is 11.2. The SMILES string of the molecule is NC(=O)c1ccc(-c2ccccc2Sc2cccc(F)c2)cc1NC1CCC(O)CC1. The third-order valence-corrected chi connectivity index (χ3v) is 6.63. The topological polar surface area (TPSA) is 75.4 Å². The van der Waals surface area contributed by atoms with Gasteiger partial charge in [-0.1, -0.05) is 42.1 Å². The van der Waals surface area contributed by atoms with Crippen LogP contribution in [-0.2, 0) is 0 Å². The Bertz CT molecular complexity index is 1080.